The van der Waals surface area contributed by atoms with E-state index in [-0.39, 0.29) is 0 Å². The van der Waals surface area contributed by atoms with Gasteiger partial charge < -0.3 is 5.32 Å². The normalized spacial score (nSPS) is 21.8. The Morgan fingerprint density at radius 1 is 1.47 bits per heavy atom. The first-order valence-electron chi connectivity index (χ1n) is 6.89. The second-order valence-electron chi connectivity index (χ2n) is 5.31. The van der Waals surface area contributed by atoms with E-state index in [0.29, 0.717) is 6.04 Å². The Morgan fingerprint density at radius 3 is 2.65 bits per heavy atom. The number of likely N-dealkylation sites (tertiary alicyclic amines) is 1. The van der Waals surface area contributed by atoms with Crippen molar-refractivity contribution >= 4 is 11.6 Å². The molecule has 1 heterocycles. The molecule has 1 saturated heterocycles. The van der Waals surface area contributed by atoms with Crippen LogP contribution in [0.2, 0.25) is 0 Å². The number of piperidine rings is 1. The summed E-state index contributed by atoms with van der Waals surface area (Å²) in [6.07, 6.45) is 3.85. The van der Waals surface area contributed by atoms with E-state index in [1.165, 1.54) is 37.9 Å². The maximum absolute atomic E-state index is 5.71. The summed E-state index contributed by atoms with van der Waals surface area (Å²) in [4.78, 5) is 2.51. The molecular weight excluding hydrogens is 232 g/mol. The molecule has 1 aliphatic heterocycles. The van der Waals surface area contributed by atoms with Crippen LogP contribution in [0.1, 0.15) is 40.0 Å². The van der Waals surface area contributed by atoms with Gasteiger partial charge in [-0.15, -0.1) is 0 Å². The van der Waals surface area contributed by atoms with Gasteiger partial charge in [0.2, 0.25) is 0 Å². The van der Waals surface area contributed by atoms with E-state index in [1.807, 2.05) is 0 Å². The average molecular weight is 259 g/mol. The maximum Gasteiger partial charge on any atom is 0.0201 e. The van der Waals surface area contributed by atoms with Crippen LogP contribution in [-0.4, -0.2) is 37.1 Å². The lowest BCUT2D eigenvalue weighted by Gasteiger charge is -2.35. The molecule has 1 rings (SSSR count). The van der Waals surface area contributed by atoms with E-state index in [4.69, 9.17) is 11.6 Å². The highest BCUT2D eigenvalue weighted by Crippen LogP contribution is 2.21. The molecule has 1 aliphatic rings. The zero-order valence-electron chi connectivity index (χ0n) is 11.5. The van der Waals surface area contributed by atoms with Crippen molar-refractivity contribution in [1.82, 2.24) is 10.2 Å². The molecule has 0 aromatic carbocycles. The zero-order chi connectivity index (χ0) is 12.7. The number of rotatable bonds is 6. The van der Waals surface area contributed by atoms with Crippen molar-refractivity contribution in [2.24, 2.45) is 5.92 Å². The van der Waals surface area contributed by atoms with Gasteiger partial charge in [0.05, 0.1) is 0 Å². The fourth-order valence-electron chi connectivity index (χ4n) is 2.54. The van der Waals surface area contributed by atoms with Gasteiger partial charge in [0.15, 0.2) is 0 Å². The van der Waals surface area contributed by atoms with Crippen LogP contribution in [0, 0.1) is 5.92 Å². The molecule has 17 heavy (non-hydrogen) atoms. The Morgan fingerprint density at radius 2 is 2.12 bits per heavy atom. The fourth-order valence-corrected chi connectivity index (χ4v) is 2.61. The maximum atomic E-state index is 5.71. The lowest BCUT2D eigenvalue weighted by Crippen LogP contribution is -2.42. The lowest BCUT2D eigenvalue weighted by atomic mass is 9.90. The van der Waals surface area contributed by atoms with Crippen molar-refractivity contribution in [2.75, 3.05) is 26.2 Å². The Labute approximate surface area is 111 Å². The van der Waals surface area contributed by atoms with Crippen LogP contribution in [0.15, 0.2) is 11.1 Å². The lowest BCUT2D eigenvalue weighted by molar-refractivity contribution is 0.173. The molecule has 0 aliphatic carbocycles. The summed E-state index contributed by atoms with van der Waals surface area (Å²) >= 11 is 5.71. The topological polar surface area (TPSA) is 15.3 Å². The summed E-state index contributed by atoms with van der Waals surface area (Å²) in [7, 11) is 0. The average Bonchev–Trinajstić information content (AvgIpc) is 2.36. The van der Waals surface area contributed by atoms with Crippen molar-refractivity contribution in [1.29, 1.82) is 0 Å². The minimum atomic E-state index is 0.668. The van der Waals surface area contributed by atoms with Crippen molar-refractivity contribution in [3.8, 4) is 0 Å². The van der Waals surface area contributed by atoms with E-state index >= 15 is 0 Å². The molecule has 1 atom stereocenters. The van der Waals surface area contributed by atoms with E-state index in [0.717, 1.165) is 19.0 Å². The van der Waals surface area contributed by atoms with Crippen LogP contribution in [0.4, 0.5) is 0 Å². The number of nitrogens with zero attached hydrogens (tertiary/aromatic N) is 1. The molecule has 3 heteroatoms. The Hall–Kier alpha value is -0.0500. The van der Waals surface area contributed by atoms with Gasteiger partial charge in [0.25, 0.3) is 0 Å². The molecule has 0 bridgehead atoms. The van der Waals surface area contributed by atoms with E-state index in [2.05, 4.69) is 31.0 Å². The third-order valence-electron chi connectivity index (χ3n) is 3.71. The van der Waals surface area contributed by atoms with Gasteiger partial charge in [0, 0.05) is 18.1 Å². The number of hydrogen-bond donors (Lipinski definition) is 1. The molecule has 0 aromatic rings. The summed E-state index contributed by atoms with van der Waals surface area (Å²) in [5.41, 5.74) is 2.97. The summed E-state index contributed by atoms with van der Waals surface area (Å²) in [6.45, 7) is 11.3. The molecule has 0 radical (unpaired) electrons. The smallest absolute Gasteiger partial charge is 0.0201 e. The highest BCUT2D eigenvalue weighted by molar-refractivity contribution is 6.25. The molecule has 1 fully saturated rings. The van der Waals surface area contributed by atoms with Crippen molar-refractivity contribution in [3.05, 3.63) is 11.1 Å². The Kier molecular flexibility index (Phi) is 7.17. The van der Waals surface area contributed by atoms with Crippen molar-refractivity contribution in [3.63, 3.8) is 0 Å². The van der Waals surface area contributed by atoms with Crippen LogP contribution in [0.5, 0.6) is 0 Å². The zero-order valence-corrected chi connectivity index (χ0v) is 12.3. The minimum absolute atomic E-state index is 0.668. The summed E-state index contributed by atoms with van der Waals surface area (Å²) < 4.78 is 0. The monoisotopic (exact) mass is 258 g/mol. The molecular formula is C14H27ClN2. The predicted octanol–water partition coefficient (Wildman–Crippen LogP) is 3.23. The van der Waals surface area contributed by atoms with Crippen molar-refractivity contribution in [2.45, 2.75) is 46.1 Å². The largest absolute Gasteiger partial charge is 0.314 e. The van der Waals surface area contributed by atoms with Gasteiger partial charge >= 0.3 is 0 Å². The summed E-state index contributed by atoms with van der Waals surface area (Å²) in [6, 6.07) is 0.668. The molecule has 2 nitrogen and oxygen atoms in total. The quantitative estimate of drug-likeness (QED) is 0.787. The first-order chi connectivity index (χ1) is 8.17. The van der Waals surface area contributed by atoms with Crippen molar-refractivity contribution < 1.29 is 0 Å². The van der Waals surface area contributed by atoms with Gasteiger partial charge in [-0.05, 0) is 64.2 Å². The standard InChI is InChI=1S/C14H27ClN2/c1-4-7-16-13(3)14-5-8-17(9-6-14)11-12(2)10-15/h10,13-14,16H,4-9,11H2,1-3H3. The van der Waals surface area contributed by atoms with Gasteiger partial charge in [-0.1, -0.05) is 18.5 Å². The highest BCUT2D eigenvalue weighted by Gasteiger charge is 2.23. The van der Waals surface area contributed by atoms with E-state index in [1.54, 1.807) is 5.54 Å². The van der Waals surface area contributed by atoms with Crippen LogP contribution < -0.4 is 5.32 Å². The van der Waals surface area contributed by atoms with Crippen LogP contribution in [-0.2, 0) is 0 Å². The molecule has 0 amide bonds. The highest BCUT2D eigenvalue weighted by atomic mass is 35.5. The van der Waals surface area contributed by atoms with Crippen LogP contribution in [0.3, 0.4) is 0 Å². The van der Waals surface area contributed by atoms with Gasteiger partial charge in [-0.25, -0.2) is 0 Å². The minimum Gasteiger partial charge on any atom is -0.314 e. The second kappa shape index (κ2) is 8.12. The molecule has 0 spiro atoms. The number of hydrogen-bond acceptors (Lipinski definition) is 2. The summed E-state index contributed by atoms with van der Waals surface area (Å²) in [5.74, 6) is 0.845. The molecule has 100 valence electrons. The first-order valence-corrected chi connectivity index (χ1v) is 7.32. The second-order valence-corrected chi connectivity index (χ2v) is 5.53. The molecule has 1 N–H and O–H groups in total. The van der Waals surface area contributed by atoms with Gasteiger partial charge in [-0.2, -0.15) is 0 Å². The molecule has 1 unspecified atom stereocenters. The molecule has 0 aromatic heterocycles. The van der Waals surface area contributed by atoms with E-state index < -0.39 is 0 Å². The van der Waals surface area contributed by atoms with Gasteiger partial charge in [0.1, 0.15) is 0 Å². The van der Waals surface area contributed by atoms with Crippen LogP contribution in [0.25, 0.3) is 0 Å². The third-order valence-corrected chi connectivity index (χ3v) is 4.09. The van der Waals surface area contributed by atoms with Gasteiger partial charge in [-0.3, -0.25) is 4.90 Å². The SMILES string of the molecule is CCCNC(C)C1CCN(CC(C)=CCl)CC1. The predicted molar refractivity (Wildman–Crippen MR) is 76.5 cm³/mol. The van der Waals surface area contributed by atoms with Crippen LogP contribution >= 0.6 is 11.6 Å². The fraction of sp³-hybridized carbons (Fsp3) is 0.857. The third kappa shape index (κ3) is 5.41. The number of nitrogens with one attached hydrogen (secondary N) is 1. The Balaban J connectivity index is 2.25. The van der Waals surface area contributed by atoms with E-state index in [9.17, 15) is 0 Å². The first kappa shape index (κ1) is 15.0. The molecule has 0 saturated carbocycles. The summed E-state index contributed by atoms with van der Waals surface area (Å²) in [5, 5.41) is 3.62. The number of halogens is 1. The Bertz CT molecular complexity index is 232.